The van der Waals surface area contributed by atoms with Gasteiger partial charge >= 0.3 is 5.97 Å². The van der Waals surface area contributed by atoms with Gasteiger partial charge in [0.15, 0.2) is 0 Å². The number of carboxylic acids is 1. The number of hydrogen-bond acceptors (Lipinski definition) is 4. The SMILES string of the molecule is CC(=N)N1CCC(COCc2cc(C(=O)O)cc(-c3cccc(C(=N)N)c3)c2)CC1. The van der Waals surface area contributed by atoms with E-state index in [1.807, 2.05) is 19.1 Å². The molecule has 1 heterocycles. The highest BCUT2D eigenvalue weighted by Crippen LogP contribution is 2.25. The quantitative estimate of drug-likeness (QED) is 0.412. The lowest BCUT2D eigenvalue weighted by Crippen LogP contribution is -2.37. The smallest absolute Gasteiger partial charge is 0.335 e. The average molecular weight is 409 g/mol. The molecule has 5 N–H and O–H groups in total. The molecular formula is C23H28N4O3. The number of nitrogen functional groups attached to an aromatic ring is 1. The lowest BCUT2D eigenvalue weighted by molar-refractivity contribution is 0.0666. The molecule has 7 heteroatoms. The van der Waals surface area contributed by atoms with E-state index in [2.05, 4.69) is 4.90 Å². The minimum absolute atomic E-state index is 0.0287. The molecule has 0 amide bonds. The molecule has 1 aliphatic rings. The summed E-state index contributed by atoms with van der Waals surface area (Å²) in [5.41, 5.74) is 8.74. The Morgan fingerprint density at radius 2 is 1.83 bits per heavy atom. The highest BCUT2D eigenvalue weighted by Gasteiger charge is 2.19. The normalized spacial score (nSPS) is 14.5. The Morgan fingerprint density at radius 3 is 2.47 bits per heavy atom. The fourth-order valence-electron chi connectivity index (χ4n) is 3.71. The first-order valence-electron chi connectivity index (χ1n) is 10.0. The van der Waals surface area contributed by atoms with Gasteiger partial charge in [-0.1, -0.05) is 18.2 Å². The zero-order valence-electron chi connectivity index (χ0n) is 17.1. The third-order valence-electron chi connectivity index (χ3n) is 5.46. The Bertz CT molecular complexity index is 949. The molecule has 0 radical (unpaired) electrons. The molecule has 0 aliphatic carbocycles. The minimum atomic E-state index is -0.991. The minimum Gasteiger partial charge on any atom is -0.478 e. The van der Waals surface area contributed by atoms with Crippen molar-refractivity contribution in [1.82, 2.24) is 4.90 Å². The Labute approximate surface area is 176 Å². The van der Waals surface area contributed by atoms with Crippen molar-refractivity contribution in [2.45, 2.75) is 26.4 Å². The second kappa shape index (κ2) is 9.54. The van der Waals surface area contributed by atoms with Crippen molar-refractivity contribution in [3.63, 3.8) is 0 Å². The zero-order valence-corrected chi connectivity index (χ0v) is 17.1. The molecule has 7 nitrogen and oxygen atoms in total. The van der Waals surface area contributed by atoms with E-state index in [9.17, 15) is 9.90 Å². The molecule has 30 heavy (non-hydrogen) atoms. The van der Waals surface area contributed by atoms with Gasteiger partial charge in [-0.15, -0.1) is 0 Å². The maximum absolute atomic E-state index is 11.6. The van der Waals surface area contributed by atoms with Crippen LogP contribution in [0.5, 0.6) is 0 Å². The van der Waals surface area contributed by atoms with Crippen LogP contribution in [0.3, 0.4) is 0 Å². The van der Waals surface area contributed by atoms with Crippen LogP contribution in [0.1, 0.15) is 41.3 Å². The summed E-state index contributed by atoms with van der Waals surface area (Å²) >= 11 is 0. The van der Waals surface area contributed by atoms with Gasteiger partial charge in [0.2, 0.25) is 0 Å². The number of nitrogens with one attached hydrogen (secondary N) is 2. The van der Waals surface area contributed by atoms with Crippen LogP contribution < -0.4 is 5.73 Å². The Hall–Kier alpha value is -3.19. The summed E-state index contributed by atoms with van der Waals surface area (Å²) in [6, 6.07) is 12.4. The van der Waals surface area contributed by atoms with E-state index in [1.165, 1.54) is 0 Å². The number of carbonyl (C=O) groups is 1. The van der Waals surface area contributed by atoms with Crippen molar-refractivity contribution in [3.05, 3.63) is 59.2 Å². The third kappa shape index (κ3) is 5.45. The zero-order chi connectivity index (χ0) is 21.7. The van der Waals surface area contributed by atoms with Crippen LogP contribution in [0.15, 0.2) is 42.5 Å². The van der Waals surface area contributed by atoms with E-state index in [1.54, 1.807) is 30.3 Å². The molecule has 158 valence electrons. The number of rotatable bonds is 7. The maximum Gasteiger partial charge on any atom is 0.335 e. The van der Waals surface area contributed by atoms with E-state index >= 15 is 0 Å². The summed E-state index contributed by atoms with van der Waals surface area (Å²) in [4.78, 5) is 13.7. The number of amidine groups is 2. The second-order valence-corrected chi connectivity index (χ2v) is 7.75. The van der Waals surface area contributed by atoms with Crippen LogP contribution in [-0.4, -0.2) is 47.3 Å². The van der Waals surface area contributed by atoms with E-state index in [0.717, 1.165) is 42.6 Å². The van der Waals surface area contributed by atoms with Crippen molar-refractivity contribution in [2.24, 2.45) is 11.7 Å². The average Bonchev–Trinajstić information content (AvgIpc) is 2.74. The predicted molar refractivity (Wildman–Crippen MR) is 117 cm³/mol. The second-order valence-electron chi connectivity index (χ2n) is 7.75. The summed E-state index contributed by atoms with van der Waals surface area (Å²) in [5, 5.41) is 24.8. The molecule has 0 saturated carbocycles. The molecule has 2 aromatic carbocycles. The van der Waals surface area contributed by atoms with Crippen molar-refractivity contribution in [1.29, 1.82) is 10.8 Å². The summed E-state index contributed by atoms with van der Waals surface area (Å²) in [6.07, 6.45) is 1.99. The number of benzene rings is 2. The van der Waals surface area contributed by atoms with Gasteiger partial charge in [0, 0.05) is 25.3 Å². The van der Waals surface area contributed by atoms with E-state index in [4.69, 9.17) is 21.3 Å². The molecule has 2 aromatic rings. The molecule has 1 saturated heterocycles. The van der Waals surface area contributed by atoms with Crippen molar-refractivity contribution < 1.29 is 14.6 Å². The number of nitrogens with zero attached hydrogens (tertiary/aromatic N) is 1. The Kier molecular flexibility index (Phi) is 6.84. The van der Waals surface area contributed by atoms with Gasteiger partial charge in [0.25, 0.3) is 0 Å². The number of ether oxygens (including phenoxy) is 1. The van der Waals surface area contributed by atoms with E-state index < -0.39 is 5.97 Å². The molecule has 1 fully saturated rings. The summed E-state index contributed by atoms with van der Waals surface area (Å²) < 4.78 is 5.92. The number of aromatic carboxylic acids is 1. The maximum atomic E-state index is 11.6. The first-order chi connectivity index (χ1) is 14.3. The van der Waals surface area contributed by atoms with Gasteiger partial charge < -0.3 is 20.5 Å². The molecule has 0 spiro atoms. The summed E-state index contributed by atoms with van der Waals surface area (Å²) in [6.45, 7) is 4.54. The van der Waals surface area contributed by atoms with Gasteiger partial charge in [-0.25, -0.2) is 4.79 Å². The fraction of sp³-hybridized carbons (Fsp3) is 0.348. The summed E-state index contributed by atoms with van der Waals surface area (Å²) in [5.74, 6) is 0.0467. The lowest BCUT2D eigenvalue weighted by atomic mass is 9.97. The van der Waals surface area contributed by atoms with Crippen LogP contribution in [0.2, 0.25) is 0 Å². The highest BCUT2D eigenvalue weighted by atomic mass is 16.5. The van der Waals surface area contributed by atoms with E-state index in [-0.39, 0.29) is 11.4 Å². The van der Waals surface area contributed by atoms with Crippen LogP contribution in [0, 0.1) is 16.7 Å². The molecule has 0 atom stereocenters. The third-order valence-corrected chi connectivity index (χ3v) is 5.46. The van der Waals surface area contributed by atoms with Gasteiger partial charge in [-0.05, 0) is 66.6 Å². The number of piperidine rings is 1. The number of carboxylic acid groups (broad SMARTS) is 1. The Morgan fingerprint density at radius 1 is 1.13 bits per heavy atom. The van der Waals surface area contributed by atoms with Crippen LogP contribution in [-0.2, 0) is 11.3 Å². The van der Waals surface area contributed by atoms with Crippen molar-refractivity contribution in [3.8, 4) is 11.1 Å². The molecular weight excluding hydrogens is 380 g/mol. The molecule has 0 bridgehead atoms. The lowest BCUT2D eigenvalue weighted by Gasteiger charge is -2.32. The van der Waals surface area contributed by atoms with Crippen molar-refractivity contribution >= 4 is 17.6 Å². The number of nitrogens with two attached hydrogens (primary N) is 1. The number of hydrogen-bond donors (Lipinski definition) is 4. The fourth-order valence-corrected chi connectivity index (χ4v) is 3.71. The van der Waals surface area contributed by atoms with Crippen LogP contribution >= 0.6 is 0 Å². The van der Waals surface area contributed by atoms with Crippen LogP contribution in [0.4, 0.5) is 0 Å². The first kappa shape index (κ1) is 21.5. The molecule has 1 aliphatic heterocycles. The van der Waals surface area contributed by atoms with Gasteiger partial charge in [-0.2, -0.15) is 0 Å². The number of likely N-dealkylation sites (tertiary alicyclic amines) is 1. The van der Waals surface area contributed by atoms with Gasteiger partial charge in [-0.3, -0.25) is 10.8 Å². The van der Waals surface area contributed by atoms with Gasteiger partial charge in [0.05, 0.1) is 18.0 Å². The topological polar surface area (TPSA) is 123 Å². The molecule has 0 unspecified atom stereocenters. The molecule has 0 aromatic heterocycles. The standard InChI is InChI=1S/C23H28N4O3/c1-15(24)27-7-5-16(6-8-27)13-30-14-17-9-20(12-21(10-17)23(28)29)18-3-2-4-19(11-18)22(25)26/h2-4,9-12,16,24H,5-8,13-14H2,1H3,(H3,25,26)(H,28,29). The van der Waals surface area contributed by atoms with E-state index in [0.29, 0.717) is 30.5 Å². The van der Waals surface area contributed by atoms with Crippen molar-refractivity contribution in [2.75, 3.05) is 19.7 Å². The molecule has 3 rings (SSSR count). The van der Waals surface area contributed by atoms with Gasteiger partial charge in [0.1, 0.15) is 5.84 Å². The Balaban J connectivity index is 1.69. The van der Waals surface area contributed by atoms with Crippen LogP contribution in [0.25, 0.3) is 11.1 Å². The monoisotopic (exact) mass is 408 g/mol. The predicted octanol–water partition coefficient (Wildman–Crippen LogP) is 3.56. The largest absolute Gasteiger partial charge is 0.478 e. The highest BCUT2D eigenvalue weighted by molar-refractivity contribution is 5.96. The first-order valence-corrected chi connectivity index (χ1v) is 10.0. The summed E-state index contributed by atoms with van der Waals surface area (Å²) in [7, 11) is 0.